The number of nitrogens with zero attached hydrogens (tertiary/aromatic N) is 2. The van der Waals surface area contributed by atoms with Crippen molar-refractivity contribution in [2.75, 3.05) is 5.32 Å². The predicted octanol–water partition coefficient (Wildman–Crippen LogP) is 2.83. The van der Waals surface area contributed by atoms with Gasteiger partial charge in [-0.05, 0) is 19.4 Å². The van der Waals surface area contributed by atoms with E-state index in [4.69, 9.17) is 0 Å². The Morgan fingerprint density at radius 3 is 2.90 bits per heavy atom. The van der Waals surface area contributed by atoms with E-state index in [1.165, 1.54) is 12.1 Å². The fourth-order valence-corrected chi connectivity index (χ4v) is 2.07. The average molecular weight is 288 g/mol. The van der Waals surface area contributed by atoms with Gasteiger partial charge in [0.15, 0.2) is 5.82 Å². The van der Waals surface area contributed by atoms with Gasteiger partial charge in [-0.15, -0.1) is 0 Å². The first-order valence-electron chi connectivity index (χ1n) is 6.62. The van der Waals surface area contributed by atoms with Gasteiger partial charge >= 0.3 is 0 Å². The second kappa shape index (κ2) is 6.17. The predicted molar refractivity (Wildman–Crippen MR) is 78.4 cm³/mol. The number of rotatable bonds is 5. The smallest absolute Gasteiger partial charge is 0.273 e. The SMILES string of the molecule is CCCc1cc(NC(=O)c2cccc([N+](=O)[O-])c2C)n[nH]1. The van der Waals surface area contributed by atoms with Gasteiger partial charge in [0.25, 0.3) is 11.6 Å². The molecule has 7 nitrogen and oxygen atoms in total. The zero-order valence-electron chi connectivity index (χ0n) is 11.8. The minimum atomic E-state index is -0.500. The Morgan fingerprint density at radius 2 is 2.24 bits per heavy atom. The van der Waals surface area contributed by atoms with Crippen molar-refractivity contribution in [3.05, 3.63) is 51.2 Å². The Morgan fingerprint density at radius 1 is 1.48 bits per heavy atom. The van der Waals surface area contributed by atoms with Crippen LogP contribution in [-0.2, 0) is 6.42 Å². The largest absolute Gasteiger partial charge is 0.305 e. The molecule has 0 atom stereocenters. The molecule has 2 rings (SSSR count). The number of aromatic nitrogens is 2. The van der Waals surface area contributed by atoms with Crippen molar-refractivity contribution in [1.29, 1.82) is 0 Å². The molecule has 0 aliphatic carbocycles. The fraction of sp³-hybridized carbons (Fsp3) is 0.286. The Labute approximate surface area is 121 Å². The number of hydrogen-bond acceptors (Lipinski definition) is 4. The minimum absolute atomic E-state index is 0.0728. The average Bonchev–Trinajstić information content (AvgIpc) is 2.86. The number of amides is 1. The molecule has 0 bridgehead atoms. The number of nitrogens with one attached hydrogen (secondary N) is 2. The summed E-state index contributed by atoms with van der Waals surface area (Å²) in [5, 5.41) is 20.4. The molecular weight excluding hydrogens is 272 g/mol. The van der Waals surface area contributed by atoms with Crippen molar-refractivity contribution in [2.24, 2.45) is 0 Å². The van der Waals surface area contributed by atoms with E-state index in [-0.39, 0.29) is 11.3 Å². The van der Waals surface area contributed by atoms with Crippen LogP contribution < -0.4 is 5.32 Å². The highest BCUT2D eigenvalue weighted by Gasteiger charge is 2.18. The van der Waals surface area contributed by atoms with Gasteiger partial charge in [0.2, 0.25) is 0 Å². The van der Waals surface area contributed by atoms with E-state index in [9.17, 15) is 14.9 Å². The maximum atomic E-state index is 12.2. The molecule has 0 radical (unpaired) electrons. The molecule has 0 aliphatic rings. The van der Waals surface area contributed by atoms with Crippen molar-refractivity contribution >= 4 is 17.4 Å². The molecule has 21 heavy (non-hydrogen) atoms. The van der Waals surface area contributed by atoms with E-state index < -0.39 is 10.8 Å². The van der Waals surface area contributed by atoms with Crippen molar-refractivity contribution in [1.82, 2.24) is 10.2 Å². The summed E-state index contributed by atoms with van der Waals surface area (Å²) in [7, 11) is 0. The number of benzene rings is 1. The highest BCUT2D eigenvalue weighted by molar-refractivity contribution is 6.05. The first kappa shape index (κ1) is 14.7. The van der Waals surface area contributed by atoms with Gasteiger partial charge in [0.1, 0.15) is 0 Å². The maximum Gasteiger partial charge on any atom is 0.273 e. The third kappa shape index (κ3) is 3.25. The lowest BCUT2D eigenvalue weighted by Gasteiger charge is -2.05. The van der Waals surface area contributed by atoms with Crippen LogP contribution in [0.25, 0.3) is 0 Å². The Kier molecular flexibility index (Phi) is 4.32. The van der Waals surface area contributed by atoms with Gasteiger partial charge < -0.3 is 5.32 Å². The molecule has 0 saturated carbocycles. The first-order chi connectivity index (χ1) is 10.0. The molecule has 110 valence electrons. The monoisotopic (exact) mass is 288 g/mol. The lowest BCUT2D eigenvalue weighted by molar-refractivity contribution is -0.385. The van der Waals surface area contributed by atoms with Crippen LogP contribution in [-0.4, -0.2) is 21.0 Å². The van der Waals surface area contributed by atoms with E-state index in [2.05, 4.69) is 15.5 Å². The zero-order valence-corrected chi connectivity index (χ0v) is 11.8. The van der Waals surface area contributed by atoms with Crippen LogP contribution >= 0.6 is 0 Å². The number of nitro benzene ring substituents is 1. The van der Waals surface area contributed by atoms with Crippen LogP contribution in [0.5, 0.6) is 0 Å². The number of aryl methyl sites for hydroxylation is 1. The van der Waals surface area contributed by atoms with Gasteiger partial charge in [0.05, 0.1) is 4.92 Å². The van der Waals surface area contributed by atoms with E-state index >= 15 is 0 Å². The number of carbonyl (C=O) groups is 1. The number of anilines is 1. The normalized spacial score (nSPS) is 10.4. The quantitative estimate of drug-likeness (QED) is 0.652. The molecule has 1 heterocycles. The van der Waals surface area contributed by atoms with Crippen molar-refractivity contribution in [3.63, 3.8) is 0 Å². The summed E-state index contributed by atoms with van der Waals surface area (Å²) < 4.78 is 0. The van der Waals surface area contributed by atoms with Crippen LogP contribution in [0.1, 0.15) is 35.0 Å². The molecule has 1 aromatic heterocycles. The molecule has 2 aromatic rings. The molecular formula is C14H16N4O3. The Balaban J connectivity index is 2.20. The molecule has 0 saturated heterocycles. The summed E-state index contributed by atoms with van der Waals surface area (Å²) in [5.74, 6) is 0.0000968. The molecule has 7 heteroatoms. The van der Waals surface area contributed by atoms with Gasteiger partial charge in [0, 0.05) is 29.0 Å². The number of hydrogen-bond donors (Lipinski definition) is 2. The third-order valence-corrected chi connectivity index (χ3v) is 3.14. The van der Waals surface area contributed by atoms with Gasteiger partial charge in [-0.25, -0.2) is 0 Å². The van der Waals surface area contributed by atoms with Crippen LogP contribution in [0.4, 0.5) is 11.5 Å². The van der Waals surface area contributed by atoms with Crippen LogP contribution in [0.15, 0.2) is 24.3 Å². The summed E-state index contributed by atoms with van der Waals surface area (Å²) in [6.07, 6.45) is 1.82. The molecule has 1 aromatic carbocycles. The molecule has 1 amide bonds. The maximum absolute atomic E-state index is 12.2. The standard InChI is InChI=1S/C14H16N4O3/c1-3-5-10-8-13(17-16-10)15-14(19)11-6-4-7-12(9(11)2)18(20)21/h4,6-8H,3,5H2,1-2H3,(H2,15,16,17,19). The summed E-state index contributed by atoms with van der Waals surface area (Å²) >= 11 is 0. The van der Waals surface area contributed by atoms with E-state index in [1.807, 2.05) is 6.92 Å². The zero-order chi connectivity index (χ0) is 15.4. The lowest BCUT2D eigenvalue weighted by atomic mass is 10.1. The summed E-state index contributed by atoms with van der Waals surface area (Å²) in [6, 6.07) is 6.18. The third-order valence-electron chi connectivity index (χ3n) is 3.14. The summed E-state index contributed by atoms with van der Waals surface area (Å²) in [5.41, 5.74) is 1.47. The van der Waals surface area contributed by atoms with Crippen LogP contribution in [0.2, 0.25) is 0 Å². The van der Waals surface area contributed by atoms with Crippen LogP contribution in [0, 0.1) is 17.0 Å². The number of nitro groups is 1. The van der Waals surface area contributed by atoms with Gasteiger partial charge in [-0.1, -0.05) is 19.4 Å². The number of carbonyl (C=O) groups excluding carboxylic acids is 1. The van der Waals surface area contributed by atoms with E-state index in [1.54, 1.807) is 19.1 Å². The van der Waals surface area contributed by atoms with Crippen molar-refractivity contribution in [2.45, 2.75) is 26.7 Å². The molecule has 0 unspecified atom stereocenters. The lowest BCUT2D eigenvalue weighted by Crippen LogP contribution is -2.14. The second-order valence-corrected chi connectivity index (χ2v) is 4.69. The Bertz CT molecular complexity index is 679. The highest BCUT2D eigenvalue weighted by Crippen LogP contribution is 2.21. The molecule has 0 aliphatic heterocycles. The fourth-order valence-electron chi connectivity index (χ4n) is 2.07. The Hall–Kier alpha value is -2.70. The van der Waals surface area contributed by atoms with Gasteiger partial charge in [-0.3, -0.25) is 20.0 Å². The van der Waals surface area contributed by atoms with E-state index in [0.717, 1.165) is 18.5 Å². The van der Waals surface area contributed by atoms with Crippen molar-refractivity contribution in [3.8, 4) is 0 Å². The number of H-pyrrole nitrogens is 1. The number of aromatic amines is 1. The van der Waals surface area contributed by atoms with E-state index in [0.29, 0.717) is 11.4 Å². The molecule has 0 fully saturated rings. The molecule has 2 N–H and O–H groups in total. The summed E-state index contributed by atoms with van der Waals surface area (Å²) in [6.45, 7) is 3.60. The van der Waals surface area contributed by atoms with Crippen LogP contribution in [0.3, 0.4) is 0 Å². The minimum Gasteiger partial charge on any atom is -0.305 e. The highest BCUT2D eigenvalue weighted by atomic mass is 16.6. The second-order valence-electron chi connectivity index (χ2n) is 4.69. The summed E-state index contributed by atoms with van der Waals surface area (Å²) in [4.78, 5) is 22.6. The topological polar surface area (TPSA) is 101 Å². The molecule has 0 spiro atoms. The van der Waals surface area contributed by atoms with Gasteiger partial charge in [-0.2, -0.15) is 5.10 Å². The van der Waals surface area contributed by atoms with Crippen molar-refractivity contribution < 1.29 is 9.72 Å². The first-order valence-corrected chi connectivity index (χ1v) is 6.62.